The van der Waals surface area contributed by atoms with Gasteiger partial charge in [-0.2, -0.15) is 0 Å². The summed E-state index contributed by atoms with van der Waals surface area (Å²) in [5.74, 6) is 1.52. The van der Waals surface area contributed by atoms with Crippen LogP contribution in [0.2, 0.25) is 0 Å². The number of fused-ring (bicyclic) bond motifs is 2. The molecule has 2 bridgehead atoms. The number of amides is 1. The van der Waals surface area contributed by atoms with Gasteiger partial charge in [-0.05, 0) is 55.9 Å². The molecular weight excluding hydrogens is 272 g/mol. The monoisotopic (exact) mass is 298 g/mol. The maximum absolute atomic E-state index is 12.3. The molecule has 2 aliphatic heterocycles. The van der Waals surface area contributed by atoms with Gasteiger partial charge in [-0.15, -0.1) is 0 Å². The van der Waals surface area contributed by atoms with E-state index in [9.17, 15) is 4.79 Å². The van der Waals surface area contributed by atoms with Crippen molar-refractivity contribution in [3.05, 3.63) is 35.9 Å². The van der Waals surface area contributed by atoms with Crippen LogP contribution < -0.4 is 10.6 Å². The average Bonchev–Trinajstić information content (AvgIpc) is 2.82. The number of carbonyl (C=O) groups is 1. The van der Waals surface area contributed by atoms with Crippen LogP contribution >= 0.6 is 0 Å². The Morgan fingerprint density at radius 3 is 2.41 bits per heavy atom. The number of nitrogens with one attached hydrogen (secondary N) is 2. The largest absolute Gasteiger partial charge is 0.353 e. The Labute approximate surface area is 132 Å². The summed E-state index contributed by atoms with van der Waals surface area (Å²) in [6.07, 6.45) is 7.96. The summed E-state index contributed by atoms with van der Waals surface area (Å²) < 4.78 is 0. The molecule has 3 nitrogen and oxygen atoms in total. The molecule has 2 unspecified atom stereocenters. The first kappa shape index (κ1) is 14.3. The first-order chi connectivity index (χ1) is 10.8. The van der Waals surface area contributed by atoms with Crippen LogP contribution in [0.4, 0.5) is 0 Å². The van der Waals surface area contributed by atoms with Crippen molar-refractivity contribution in [1.29, 1.82) is 0 Å². The Hall–Kier alpha value is -1.35. The van der Waals surface area contributed by atoms with E-state index in [0.29, 0.717) is 30.0 Å². The highest BCUT2D eigenvalue weighted by Crippen LogP contribution is 2.37. The lowest BCUT2D eigenvalue weighted by Crippen LogP contribution is -2.45. The molecular formula is C19H26N2O. The summed E-state index contributed by atoms with van der Waals surface area (Å²) in [5.41, 5.74) is 1.42. The van der Waals surface area contributed by atoms with Gasteiger partial charge in [-0.25, -0.2) is 0 Å². The van der Waals surface area contributed by atoms with E-state index in [0.717, 1.165) is 19.3 Å². The molecule has 22 heavy (non-hydrogen) atoms. The standard InChI is InChI=1S/C19H26N2O/c22-19(10-13-8-16-6-7-17(9-13)20-16)21-18-11-15(12-18)14-4-2-1-3-5-14/h1-5,13,15-18,20H,6-12H2,(H,21,22). The molecule has 2 saturated heterocycles. The van der Waals surface area contributed by atoms with Crippen LogP contribution in [0.15, 0.2) is 30.3 Å². The maximum atomic E-state index is 12.3. The fourth-order valence-electron chi connectivity index (χ4n) is 4.62. The van der Waals surface area contributed by atoms with Crippen LogP contribution in [0, 0.1) is 5.92 Å². The van der Waals surface area contributed by atoms with E-state index in [1.807, 2.05) is 0 Å². The molecule has 0 radical (unpaired) electrons. The lowest BCUT2D eigenvalue weighted by molar-refractivity contribution is -0.123. The Morgan fingerprint density at radius 1 is 1.05 bits per heavy atom. The molecule has 1 aliphatic carbocycles. The van der Waals surface area contributed by atoms with Gasteiger partial charge < -0.3 is 10.6 Å². The van der Waals surface area contributed by atoms with Gasteiger partial charge in [0.25, 0.3) is 0 Å². The van der Waals surface area contributed by atoms with Gasteiger partial charge >= 0.3 is 0 Å². The van der Waals surface area contributed by atoms with Crippen molar-refractivity contribution in [2.24, 2.45) is 5.92 Å². The van der Waals surface area contributed by atoms with Gasteiger partial charge in [0.15, 0.2) is 0 Å². The number of carbonyl (C=O) groups excluding carboxylic acids is 1. The minimum absolute atomic E-state index is 0.280. The second-order valence-corrected chi connectivity index (χ2v) is 7.52. The molecule has 2 heterocycles. The molecule has 1 amide bonds. The average molecular weight is 298 g/mol. The van der Waals surface area contributed by atoms with Crippen LogP contribution in [-0.2, 0) is 4.79 Å². The van der Waals surface area contributed by atoms with Gasteiger partial charge in [0, 0.05) is 24.5 Å². The Balaban J connectivity index is 1.21. The third-order valence-electron chi connectivity index (χ3n) is 5.82. The molecule has 1 aromatic rings. The second-order valence-electron chi connectivity index (χ2n) is 7.52. The molecule has 2 atom stereocenters. The Bertz CT molecular complexity index is 511. The van der Waals surface area contributed by atoms with Gasteiger partial charge in [-0.3, -0.25) is 4.79 Å². The molecule has 2 N–H and O–H groups in total. The summed E-state index contributed by atoms with van der Waals surface area (Å²) in [4.78, 5) is 12.3. The summed E-state index contributed by atoms with van der Waals surface area (Å²) in [6, 6.07) is 12.4. The molecule has 4 rings (SSSR count). The zero-order valence-corrected chi connectivity index (χ0v) is 13.1. The van der Waals surface area contributed by atoms with Gasteiger partial charge in [0.2, 0.25) is 5.91 Å². The van der Waals surface area contributed by atoms with Crippen molar-refractivity contribution in [2.45, 2.75) is 69.0 Å². The van der Waals surface area contributed by atoms with Crippen molar-refractivity contribution in [1.82, 2.24) is 10.6 Å². The lowest BCUT2D eigenvalue weighted by atomic mass is 9.76. The van der Waals surface area contributed by atoms with Gasteiger partial charge in [-0.1, -0.05) is 30.3 Å². The van der Waals surface area contributed by atoms with Crippen LogP contribution in [0.25, 0.3) is 0 Å². The number of hydrogen-bond acceptors (Lipinski definition) is 2. The van der Waals surface area contributed by atoms with E-state index in [-0.39, 0.29) is 5.91 Å². The fraction of sp³-hybridized carbons (Fsp3) is 0.632. The quantitative estimate of drug-likeness (QED) is 0.897. The molecule has 3 heteroatoms. The minimum Gasteiger partial charge on any atom is -0.353 e. The smallest absolute Gasteiger partial charge is 0.220 e. The number of rotatable bonds is 4. The van der Waals surface area contributed by atoms with Crippen LogP contribution in [-0.4, -0.2) is 24.0 Å². The second kappa shape index (κ2) is 6.04. The number of benzene rings is 1. The molecule has 118 valence electrons. The molecule has 1 saturated carbocycles. The van der Waals surface area contributed by atoms with Crippen LogP contribution in [0.3, 0.4) is 0 Å². The highest BCUT2D eigenvalue weighted by atomic mass is 16.1. The zero-order chi connectivity index (χ0) is 14.9. The van der Waals surface area contributed by atoms with Crippen molar-refractivity contribution >= 4 is 5.91 Å². The highest BCUT2D eigenvalue weighted by molar-refractivity contribution is 5.76. The van der Waals surface area contributed by atoms with Crippen molar-refractivity contribution < 1.29 is 4.79 Å². The summed E-state index contributed by atoms with van der Waals surface area (Å²) in [6.45, 7) is 0. The summed E-state index contributed by atoms with van der Waals surface area (Å²) in [5, 5.41) is 6.90. The van der Waals surface area contributed by atoms with E-state index in [1.165, 1.54) is 31.2 Å². The third-order valence-corrected chi connectivity index (χ3v) is 5.82. The topological polar surface area (TPSA) is 41.1 Å². The number of hydrogen-bond donors (Lipinski definition) is 2. The molecule has 3 fully saturated rings. The maximum Gasteiger partial charge on any atom is 0.220 e. The zero-order valence-electron chi connectivity index (χ0n) is 13.1. The van der Waals surface area contributed by atoms with Crippen molar-refractivity contribution in [3.8, 4) is 0 Å². The Kier molecular flexibility index (Phi) is 3.91. The Morgan fingerprint density at radius 2 is 1.73 bits per heavy atom. The van der Waals surface area contributed by atoms with E-state index in [2.05, 4.69) is 41.0 Å². The SMILES string of the molecule is O=C(CC1CC2CCC(C1)N2)NC1CC(c2ccccc2)C1. The normalized spacial score (nSPS) is 36.6. The molecule has 1 aromatic carbocycles. The first-order valence-electron chi connectivity index (χ1n) is 8.86. The lowest BCUT2D eigenvalue weighted by Gasteiger charge is -2.37. The summed E-state index contributed by atoms with van der Waals surface area (Å²) >= 11 is 0. The first-order valence-corrected chi connectivity index (χ1v) is 8.86. The van der Waals surface area contributed by atoms with Crippen molar-refractivity contribution in [3.63, 3.8) is 0 Å². The van der Waals surface area contributed by atoms with Crippen LogP contribution in [0.1, 0.15) is 56.4 Å². The van der Waals surface area contributed by atoms with Gasteiger partial charge in [0.05, 0.1) is 0 Å². The molecule has 3 aliphatic rings. The van der Waals surface area contributed by atoms with Gasteiger partial charge in [0.1, 0.15) is 0 Å². The van der Waals surface area contributed by atoms with E-state index in [4.69, 9.17) is 0 Å². The van der Waals surface area contributed by atoms with E-state index >= 15 is 0 Å². The van der Waals surface area contributed by atoms with E-state index in [1.54, 1.807) is 0 Å². The molecule has 0 aromatic heterocycles. The number of piperidine rings is 1. The molecule has 0 spiro atoms. The highest BCUT2D eigenvalue weighted by Gasteiger charge is 2.35. The van der Waals surface area contributed by atoms with Crippen molar-refractivity contribution in [2.75, 3.05) is 0 Å². The summed E-state index contributed by atoms with van der Waals surface area (Å²) in [7, 11) is 0. The van der Waals surface area contributed by atoms with E-state index < -0.39 is 0 Å². The fourth-order valence-corrected chi connectivity index (χ4v) is 4.62. The predicted octanol–water partition coefficient (Wildman–Crippen LogP) is 2.97. The van der Waals surface area contributed by atoms with Crippen LogP contribution in [0.5, 0.6) is 0 Å². The third kappa shape index (κ3) is 3.05. The minimum atomic E-state index is 0.280. The predicted molar refractivity (Wildman–Crippen MR) is 87.6 cm³/mol.